The fourth-order valence-electron chi connectivity index (χ4n) is 3.20. The monoisotopic (exact) mass is 462 g/mol. The van der Waals surface area contributed by atoms with E-state index in [-0.39, 0.29) is 23.9 Å². The molecular formula is C23H26N8O3. The first-order chi connectivity index (χ1) is 16.2. The van der Waals surface area contributed by atoms with Crippen molar-refractivity contribution < 1.29 is 14.3 Å². The zero-order valence-corrected chi connectivity index (χ0v) is 19.4. The molecule has 4 aromatic rings. The summed E-state index contributed by atoms with van der Waals surface area (Å²) in [4.78, 5) is 44.9. The second-order valence-corrected chi connectivity index (χ2v) is 8.80. The zero-order valence-electron chi connectivity index (χ0n) is 19.4. The van der Waals surface area contributed by atoms with E-state index in [2.05, 4.69) is 35.6 Å². The number of imidazole rings is 2. The molecule has 1 aromatic carbocycles. The highest BCUT2D eigenvalue weighted by Gasteiger charge is 2.18. The molecule has 3 heterocycles. The number of aromatic amines is 1. The Labute approximate surface area is 196 Å². The first kappa shape index (κ1) is 22.9. The van der Waals surface area contributed by atoms with Crippen molar-refractivity contribution in [2.24, 2.45) is 5.41 Å². The van der Waals surface area contributed by atoms with Crippen LogP contribution >= 0.6 is 0 Å². The van der Waals surface area contributed by atoms with Crippen LogP contribution < -0.4 is 10.6 Å². The highest BCUT2D eigenvalue weighted by molar-refractivity contribution is 5.95. The summed E-state index contributed by atoms with van der Waals surface area (Å²) in [6.07, 6.45) is 5.89. The van der Waals surface area contributed by atoms with E-state index in [9.17, 15) is 9.59 Å². The summed E-state index contributed by atoms with van der Waals surface area (Å²) in [6.45, 7) is 8.63. The van der Waals surface area contributed by atoms with Crippen molar-refractivity contribution >= 4 is 29.0 Å². The molecule has 0 radical (unpaired) electrons. The molecular weight excluding hydrogens is 436 g/mol. The summed E-state index contributed by atoms with van der Waals surface area (Å²) in [7, 11) is 0. The van der Waals surface area contributed by atoms with Crippen LogP contribution in [0.2, 0.25) is 0 Å². The minimum absolute atomic E-state index is 0.0379. The number of hydrogen-bond acceptors (Lipinski definition) is 7. The van der Waals surface area contributed by atoms with Gasteiger partial charge in [0.25, 0.3) is 5.91 Å². The summed E-state index contributed by atoms with van der Waals surface area (Å²) in [6, 6.07) is 5.41. The maximum atomic E-state index is 12.5. The van der Waals surface area contributed by atoms with Gasteiger partial charge in [-0.2, -0.15) is 0 Å². The third-order valence-electron chi connectivity index (χ3n) is 4.77. The highest BCUT2D eigenvalue weighted by Crippen LogP contribution is 2.29. The lowest BCUT2D eigenvalue weighted by molar-refractivity contribution is 0.0934. The maximum absolute atomic E-state index is 12.5. The largest absolute Gasteiger partial charge is 0.450 e. The van der Waals surface area contributed by atoms with Gasteiger partial charge < -0.3 is 19.6 Å². The molecule has 2 amide bonds. The lowest BCUT2D eigenvalue weighted by Gasteiger charge is -2.18. The molecule has 0 atom stereocenters. The Bertz CT molecular complexity index is 1320. The fraction of sp³-hybridized carbons (Fsp3) is 0.304. The van der Waals surface area contributed by atoms with Gasteiger partial charge in [0, 0.05) is 36.4 Å². The summed E-state index contributed by atoms with van der Waals surface area (Å²) in [5, 5.41) is 5.47. The standard InChI is InChI=1S/C23H26N8O3/c1-5-34-22(33)30-21-28-16-10-14(9-15(18(16)29-21)19-24-7-6-8-25-19)31-11-17(27-13-31)20(32)26-12-23(2,3)4/h6-11,13H,5,12H2,1-4H3,(H,26,32)(H2,28,29,30,33). The van der Waals surface area contributed by atoms with E-state index in [4.69, 9.17) is 4.74 Å². The van der Waals surface area contributed by atoms with Crippen molar-refractivity contribution in [3.8, 4) is 17.1 Å². The SMILES string of the molecule is CCOC(=O)Nc1nc2c(-c3ncccn3)cc(-n3cnc(C(=O)NCC(C)(C)C)c3)cc2[nH]1. The number of fused-ring (bicyclic) bond motifs is 1. The van der Waals surface area contributed by atoms with Crippen LogP contribution in [0.5, 0.6) is 0 Å². The summed E-state index contributed by atoms with van der Waals surface area (Å²) in [5.74, 6) is 0.450. The molecule has 0 unspecified atom stereocenters. The van der Waals surface area contributed by atoms with Crippen LogP contribution in [0, 0.1) is 5.41 Å². The fourth-order valence-corrected chi connectivity index (χ4v) is 3.20. The minimum atomic E-state index is -0.611. The highest BCUT2D eigenvalue weighted by atomic mass is 16.5. The lowest BCUT2D eigenvalue weighted by Crippen LogP contribution is -2.32. The van der Waals surface area contributed by atoms with E-state index in [1.54, 1.807) is 42.5 Å². The van der Waals surface area contributed by atoms with Crippen molar-refractivity contribution in [1.29, 1.82) is 0 Å². The van der Waals surface area contributed by atoms with Gasteiger partial charge in [0.15, 0.2) is 5.82 Å². The van der Waals surface area contributed by atoms with Crippen LogP contribution in [0.4, 0.5) is 10.7 Å². The molecule has 11 nitrogen and oxygen atoms in total. The quantitative estimate of drug-likeness (QED) is 0.398. The third kappa shape index (κ3) is 5.20. The normalized spacial score (nSPS) is 11.4. The smallest absolute Gasteiger partial charge is 0.413 e. The Balaban J connectivity index is 1.72. The number of anilines is 1. The van der Waals surface area contributed by atoms with E-state index in [1.807, 2.05) is 32.9 Å². The van der Waals surface area contributed by atoms with Gasteiger partial charge in [0.05, 0.1) is 12.1 Å². The predicted octanol–water partition coefficient (Wildman–Crippen LogP) is 3.55. The van der Waals surface area contributed by atoms with Gasteiger partial charge in [-0.15, -0.1) is 0 Å². The zero-order chi connectivity index (χ0) is 24.3. The number of aromatic nitrogens is 6. The van der Waals surface area contributed by atoms with Crippen LogP contribution in [0.15, 0.2) is 43.1 Å². The van der Waals surface area contributed by atoms with E-state index in [0.717, 1.165) is 0 Å². The Morgan fingerprint density at radius 1 is 1.15 bits per heavy atom. The number of carbonyl (C=O) groups is 2. The number of H-pyrrole nitrogens is 1. The molecule has 0 aliphatic heterocycles. The number of amides is 2. The Hall–Kier alpha value is -4.28. The van der Waals surface area contributed by atoms with Crippen LogP contribution in [-0.2, 0) is 4.74 Å². The van der Waals surface area contributed by atoms with Crippen LogP contribution in [0.1, 0.15) is 38.2 Å². The molecule has 0 bridgehead atoms. The molecule has 0 saturated heterocycles. The van der Waals surface area contributed by atoms with E-state index >= 15 is 0 Å². The van der Waals surface area contributed by atoms with E-state index in [0.29, 0.717) is 40.3 Å². The number of ether oxygens (including phenoxy) is 1. The van der Waals surface area contributed by atoms with Gasteiger partial charge in [-0.3, -0.25) is 10.1 Å². The van der Waals surface area contributed by atoms with Gasteiger partial charge in [-0.25, -0.2) is 24.7 Å². The molecule has 0 saturated carbocycles. The average molecular weight is 463 g/mol. The van der Waals surface area contributed by atoms with Crippen molar-refractivity contribution in [1.82, 2.24) is 34.8 Å². The van der Waals surface area contributed by atoms with Gasteiger partial charge >= 0.3 is 6.09 Å². The van der Waals surface area contributed by atoms with Crippen LogP contribution in [0.25, 0.3) is 28.1 Å². The molecule has 176 valence electrons. The van der Waals surface area contributed by atoms with Crippen molar-refractivity contribution in [3.05, 3.63) is 48.8 Å². The third-order valence-corrected chi connectivity index (χ3v) is 4.77. The summed E-state index contributed by atoms with van der Waals surface area (Å²) in [5.41, 5.74) is 2.83. The summed E-state index contributed by atoms with van der Waals surface area (Å²) >= 11 is 0. The van der Waals surface area contributed by atoms with Crippen molar-refractivity contribution in [2.45, 2.75) is 27.7 Å². The molecule has 0 fully saturated rings. The predicted molar refractivity (Wildman–Crippen MR) is 127 cm³/mol. The number of rotatable bonds is 6. The van der Waals surface area contributed by atoms with Gasteiger partial charge in [0.1, 0.15) is 17.5 Å². The molecule has 0 aliphatic carbocycles. The molecule has 3 aromatic heterocycles. The second-order valence-electron chi connectivity index (χ2n) is 8.80. The maximum Gasteiger partial charge on any atom is 0.413 e. The number of hydrogen-bond donors (Lipinski definition) is 3. The molecule has 11 heteroatoms. The molecule has 0 spiro atoms. The Morgan fingerprint density at radius 2 is 1.91 bits per heavy atom. The Morgan fingerprint density at radius 3 is 2.62 bits per heavy atom. The molecule has 4 rings (SSSR count). The second kappa shape index (κ2) is 9.30. The lowest BCUT2D eigenvalue weighted by atomic mass is 9.97. The topological polar surface area (TPSA) is 140 Å². The summed E-state index contributed by atoms with van der Waals surface area (Å²) < 4.78 is 6.66. The van der Waals surface area contributed by atoms with Crippen LogP contribution in [-0.4, -0.2) is 54.6 Å². The van der Waals surface area contributed by atoms with Gasteiger partial charge in [-0.05, 0) is 30.5 Å². The number of carbonyl (C=O) groups excluding carboxylic acids is 2. The van der Waals surface area contributed by atoms with Gasteiger partial charge in [0.2, 0.25) is 5.95 Å². The Kier molecular flexibility index (Phi) is 6.26. The molecule has 0 aliphatic rings. The van der Waals surface area contributed by atoms with Gasteiger partial charge in [-0.1, -0.05) is 20.8 Å². The minimum Gasteiger partial charge on any atom is -0.450 e. The van der Waals surface area contributed by atoms with Crippen molar-refractivity contribution in [2.75, 3.05) is 18.5 Å². The number of nitrogens with zero attached hydrogens (tertiary/aromatic N) is 5. The molecule has 34 heavy (non-hydrogen) atoms. The van der Waals surface area contributed by atoms with Crippen LogP contribution in [0.3, 0.4) is 0 Å². The number of benzene rings is 1. The molecule has 3 N–H and O–H groups in total. The van der Waals surface area contributed by atoms with E-state index < -0.39 is 6.09 Å². The van der Waals surface area contributed by atoms with Crippen molar-refractivity contribution in [3.63, 3.8) is 0 Å². The average Bonchev–Trinajstić information content (AvgIpc) is 3.44. The first-order valence-electron chi connectivity index (χ1n) is 10.8. The first-order valence-corrected chi connectivity index (χ1v) is 10.8. The van der Waals surface area contributed by atoms with E-state index in [1.165, 1.54) is 0 Å². The number of nitrogens with one attached hydrogen (secondary N) is 3.